The fraction of sp³-hybridized carbons (Fsp3) is 0.143. The van der Waals surface area contributed by atoms with Gasteiger partial charge in [0.2, 0.25) is 0 Å². The van der Waals surface area contributed by atoms with E-state index in [1.54, 1.807) is 13.2 Å². The third-order valence-electron chi connectivity index (χ3n) is 3.13. The number of urea groups is 1. The molecule has 1 aromatic carbocycles. The number of amides is 3. The van der Waals surface area contributed by atoms with Gasteiger partial charge in [-0.1, -0.05) is 12.1 Å². The van der Waals surface area contributed by atoms with Crippen LogP contribution in [0.3, 0.4) is 0 Å². The molecule has 1 atom stereocenters. The van der Waals surface area contributed by atoms with Crippen LogP contribution in [0.15, 0.2) is 41.0 Å². The maximum Gasteiger partial charge on any atom is 0.322 e. The van der Waals surface area contributed by atoms with Crippen LogP contribution in [0, 0.1) is 0 Å². The number of benzene rings is 1. The number of imide groups is 1. The van der Waals surface area contributed by atoms with Crippen molar-refractivity contribution in [2.24, 2.45) is 0 Å². The molecule has 0 aliphatic carbocycles. The Balaban J connectivity index is 1.97. The van der Waals surface area contributed by atoms with E-state index in [9.17, 15) is 9.59 Å². The summed E-state index contributed by atoms with van der Waals surface area (Å²) in [6.07, 6.45) is 1.49. The van der Waals surface area contributed by atoms with Gasteiger partial charge in [-0.05, 0) is 23.8 Å². The summed E-state index contributed by atoms with van der Waals surface area (Å²) in [5, 5.41) is 4.70. The van der Waals surface area contributed by atoms with Gasteiger partial charge in [0.1, 0.15) is 11.5 Å². The van der Waals surface area contributed by atoms with Gasteiger partial charge in [0.05, 0.1) is 13.4 Å². The van der Waals surface area contributed by atoms with Crippen molar-refractivity contribution in [3.63, 3.8) is 0 Å². The third kappa shape index (κ3) is 2.01. The Morgan fingerprint density at radius 2 is 1.90 bits per heavy atom. The predicted octanol–water partition coefficient (Wildman–Crippen LogP) is 1.84. The summed E-state index contributed by atoms with van der Waals surface area (Å²) >= 11 is 0. The summed E-state index contributed by atoms with van der Waals surface area (Å²) in [5.41, 5.74) is 1.64. The van der Waals surface area contributed by atoms with Gasteiger partial charge >= 0.3 is 6.03 Å². The molecule has 102 valence electrons. The van der Waals surface area contributed by atoms with Crippen molar-refractivity contribution in [2.45, 2.75) is 6.04 Å². The molecular weight excluding hydrogens is 260 g/mol. The van der Waals surface area contributed by atoms with E-state index < -0.39 is 18.0 Å². The topological polar surface area (TPSA) is 80.6 Å². The molecule has 1 saturated heterocycles. The summed E-state index contributed by atoms with van der Waals surface area (Å²) in [4.78, 5) is 22.9. The van der Waals surface area contributed by atoms with Crippen LogP contribution in [0.4, 0.5) is 4.79 Å². The Hall–Kier alpha value is -2.76. The van der Waals surface area contributed by atoms with Crippen LogP contribution >= 0.6 is 0 Å². The minimum absolute atomic E-state index is 0.415. The van der Waals surface area contributed by atoms with Gasteiger partial charge in [0, 0.05) is 5.56 Å². The molecule has 3 rings (SSSR count). The zero-order chi connectivity index (χ0) is 14.1. The van der Waals surface area contributed by atoms with Crippen LogP contribution in [-0.2, 0) is 4.79 Å². The number of ether oxygens (including phenoxy) is 1. The van der Waals surface area contributed by atoms with Gasteiger partial charge in [-0.3, -0.25) is 10.1 Å². The first-order chi connectivity index (χ1) is 9.69. The van der Waals surface area contributed by atoms with Crippen LogP contribution in [-0.4, -0.2) is 19.0 Å². The molecule has 2 N–H and O–H groups in total. The highest BCUT2D eigenvalue weighted by Crippen LogP contribution is 2.31. The third-order valence-corrected chi connectivity index (χ3v) is 3.13. The van der Waals surface area contributed by atoms with Crippen molar-refractivity contribution in [2.75, 3.05) is 7.11 Å². The van der Waals surface area contributed by atoms with E-state index in [1.165, 1.54) is 6.26 Å². The highest BCUT2D eigenvalue weighted by Gasteiger charge is 2.35. The van der Waals surface area contributed by atoms with Gasteiger partial charge in [-0.25, -0.2) is 4.79 Å². The molecule has 1 fully saturated rings. The fourth-order valence-electron chi connectivity index (χ4n) is 2.15. The SMILES string of the molecule is COc1ccc(-c2ccoc2C2NC(=O)NC2=O)cc1. The molecule has 0 spiro atoms. The second-order valence-corrected chi connectivity index (χ2v) is 4.32. The van der Waals surface area contributed by atoms with Gasteiger partial charge in [-0.15, -0.1) is 0 Å². The summed E-state index contributed by atoms with van der Waals surface area (Å²) in [6.45, 7) is 0. The standard InChI is InChI=1S/C14H12N2O4/c1-19-9-4-2-8(3-5-9)10-6-7-20-12(10)11-13(17)16-14(18)15-11/h2-7,11H,1H3,(H2,15,16,17,18). The Morgan fingerprint density at radius 3 is 2.50 bits per heavy atom. The Morgan fingerprint density at radius 1 is 1.15 bits per heavy atom. The molecule has 6 heteroatoms. The lowest BCUT2D eigenvalue weighted by Gasteiger charge is -2.08. The molecule has 0 bridgehead atoms. The number of methoxy groups -OCH3 is 1. The van der Waals surface area contributed by atoms with Gasteiger partial charge in [0.25, 0.3) is 5.91 Å². The number of nitrogens with one attached hydrogen (secondary N) is 2. The zero-order valence-corrected chi connectivity index (χ0v) is 10.7. The van der Waals surface area contributed by atoms with Crippen molar-refractivity contribution < 1.29 is 18.7 Å². The molecule has 2 heterocycles. The maximum absolute atomic E-state index is 11.7. The van der Waals surface area contributed by atoms with E-state index in [4.69, 9.17) is 9.15 Å². The number of furan rings is 1. The number of carbonyl (C=O) groups is 2. The smallest absolute Gasteiger partial charge is 0.322 e. The van der Waals surface area contributed by atoms with Crippen molar-refractivity contribution in [1.29, 1.82) is 0 Å². The molecular formula is C14H12N2O4. The molecule has 0 saturated carbocycles. The maximum atomic E-state index is 11.7. The molecule has 20 heavy (non-hydrogen) atoms. The van der Waals surface area contributed by atoms with Crippen molar-refractivity contribution in [3.8, 4) is 16.9 Å². The lowest BCUT2D eigenvalue weighted by molar-refractivity contribution is -0.120. The van der Waals surface area contributed by atoms with Crippen LogP contribution < -0.4 is 15.4 Å². The summed E-state index contributed by atoms with van der Waals surface area (Å²) in [5.74, 6) is 0.740. The van der Waals surface area contributed by atoms with Crippen molar-refractivity contribution in [3.05, 3.63) is 42.4 Å². The number of carbonyl (C=O) groups excluding carboxylic acids is 2. The lowest BCUT2D eigenvalue weighted by Crippen LogP contribution is -2.22. The lowest BCUT2D eigenvalue weighted by atomic mass is 10.0. The second-order valence-electron chi connectivity index (χ2n) is 4.32. The Bertz CT molecular complexity index is 660. The van der Waals surface area contributed by atoms with Crippen LogP contribution in [0.5, 0.6) is 5.75 Å². The van der Waals surface area contributed by atoms with Crippen molar-refractivity contribution in [1.82, 2.24) is 10.6 Å². The Kier molecular flexibility index (Phi) is 2.90. The average molecular weight is 272 g/mol. The summed E-state index contributed by atoms with van der Waals surface area (Å²) in [7, 11) is 1.59. The normalized spacial score (nSPS) is 17.8. The predicted molar refractivity (Wildman–Crippen MR) is 70.1 cm³/mol. The van der Waals surface area contributed by atoms with Gasteiger partial charge in [0.15, 0.2) is 6.04 Å². The molecule has 2 aromatic rings. The van der Waals surface area contributed by atoms with E-state index in [2.05, 4.69) is 10.6 Å². The fourth-order valence-corrected chi connectivity index (χ4v) is 2.15. The number of rotatable bonds is 3. The van der Waals surface area contributed by atoms with Crippen LogP contribution in [0.25, 0.3) is 11.1 Å². The molecule has 1 unspecified atom stereocenters. The molecule has 6 nitrogen and oxygen atoms in total. The largest absolute Gasteiger partial charge is 0.497 e. The highest BCUT2D eigenvalue weighted by molar-refractivity contribution is 6.04. The van der Waals surface area contributed by atoms with E-state index in [1.807, 2.05) is 24.3 Å². The number of hydrogen-bond donors (Lipinski definition) is 2. The minimum atomic E-state index is -0.797. The second kappa shape index (κ2) is 4.73. The first kappa shape index (κ1) is 12.3. The van der Waals surface area contributed by atoms with Crippen LogP contribution in [0.1, 0.15) is 11.8 Å². The van der Waals surface area contributed by atoms with Gasteiger partial charge in [-0.2, -0.15) is 0 Å². The first-order valence-electron chi connectivity index (χ1n) is 6.02. The zero-order valence-electron chi connectivity index (χ0n) is 10.7. The highest BCUT2D eigenvalue weighted by atomic mass is 16.5. The summed E-state index contributed by atoms with van der Waals surface area (Å²) in [6, 6.07) is 7.81. The van der Waals surface area contributed by atoms with Crippen molar-refractivity contribution >= 4 is 11.9 Å². The molecule has 1 aliphatic heterocycles. The van der Waals surface area contributed by atoms with E-state index >= 15 is 0 Å². The number of hydrogen-bond acceptors (Lipinski definition) is 4. The first-order valence-corrected chi connectivity index (χ1v) is 6.02. The van der Waals surface area contributed by atoms with E-state index in [-0.39, 0.29) is 0 Å². The monoisotopic (exact) mass is 272 g/mol. The van der Waals surface area contributed by atoms with Crippen LogP contribution in [0.2, 0.25) is 0 Å². The van der Waals surface area contributed by atoms with E-state index in [0.717, 1.165) is 16.9 Å². The van der Waals surface area contributed by atoms with Gasteiger partial charge < -0.3 is 14.5 Å². The quantitative estimate of drug-likeness (QED) is 0.835. The molecule has 3 amide bonds. The molecule has 1 aliphatic rings. The van der Waals surface area contributed by atoms with E-state index in [0.29, 0.717) is 5.76 Å². The summed E-state index contributed by atoms with van der Waals surface area (Å²) < 4.78 is 10.5. The minimum Gasteiger partial charge on any atom is -0.497 e. The molecule has 0 radical (unpaired) electrons. The Labute approximate surface area is 114 Å². The molecule has 1 aromatic heterocycles. The average Bonchev–Trinajstić information content (AvgIpc) is 3.05.